The Morgan fingerprint density at radius 1 is 1.00 bits per heavy atom. The summed E-state index contributed by atoms with van der Waals surface area (Å²) in [6.45, 7) is 4.10. The molecule has 1 aromatic heterocycles. The molecule has 3 aromatic rings. The van der Waals surface area contributed by atoms with Gasteiger partial charge in [0.1, 0.15) is 11.3 Å². The monoisotopic (exact) mass is 252 g/mol. The number of hydrogen-bond donors (Lipinski definition) is 1. The van der Waals surface area contributed by atoms with Crippen molar-refractivity contribution in [3.05, 3.63) is 72.5 Å². The van der Waals surface area contributed by atoms with Crippen molar-refractivity contribution in [3.63, 3.8) is 0 Å². The molecule has 1 heterocycles. The zero-order valence-corrected chi connectivity index (χ0v) is 10.7. The van der Waals surface area contributed by atoms with Gasteiger partial charge in [-0.25, -0.2) is 0 Å². The molecule has 0 bridgehead atoms. The van der Waals surface area contributed by atoms with Crippen molar-refractivity contribution >= 4 is 29.2 Å². The number of rotatable bonds is 2. The van der Waals surface area contributed by atoms with Gasteiger partial charge in [0, 0.05) is 15.9 Å². The lowest BCUT2D eigenvalue weighted by atomic mass is 10.1. The van der Waals surface area contributed by atoms with Crippen molar-refractivity contribution in [1.29, 1.82) is 0 Å². The first-order valence-electron chi connectivity index (χ1n) is 5.71. The average molecular weight is 252 g/mol. The van der Waals surface area contributed by atoms with Gasteiger partial charge in [0.15, 0.2) is 0 Å². The van der Waals surface area contributed by atoms with Crippen LogP contribution in [0, 0.1) is 0 Å². The van der Waals surface area contributed by atoms with E-state index in [4.69, 9.17) is 4.42 Å². The van der Waals surface area contributed by atoms with Gasteiger partial charge < -0.3 is 4.42 Å². The van der Waals surface area contributed by atoms with Gasteiger partial charge in [0.25, 0.3) is 0 Å². The van der Waals surface area contributed by atoms with E-state index in [1.807, 2.05) is 54.6 Å². The fourth-order valence-electron chi connectivity index (χ4n) is 1.94. The quantitative estimate of drug-likeness (QED) is 0.647. The molecule has 0 aliphatic rings. The Labute approximate surface area is 111 Å². The molecule has 0 unspecified atom stereocenters. The largest absolute Gasteiger partial charge is 0.456 e. The molecule has 0 amide bonds. The van der Waals surface area contributed by atoms with E-state index in [0.29, 0.717) is 0 Å². The molecule has 0 saturated carbocycles. The van der Waals surface area contributed by atoms with E-state index in [1.165, 1.54) is 0 Å². The molecule has 0 aliphatic carbocycles. The number of furan rings is 1. The first kappa shape index (κ1) is 11.2. The van der Waals surface area contributed by atoms with Gasteiger partial charge in [-0.3, -0.25) is 0 Å². The molecule has 0 saturated heterocycles. The van der Waals surface area contributed by atoms with Crippen LogP contribution in [0.15, 0.2) is 70.5 Å². The van der Waals surface area contributed by atoms with E-state index >= 15 is 0 Å². The van der Waals surface area contributed by atoms with Crippen LogP contribution in [-0.4, -0.2) is 0 Å². The topological polar surface area (TPSA) is 13.1 Å². The van der Waals surface area contributed by atoms with Gasteiger partial charge in [-0.1, -0.05) is 36.9 Å². The van der Waals surface area contributed by atoms with Gasteiger partial charge in [0.05, 0.1) is 0 Å². The van der Waals surface area contributed by atoms with E-state index in [0.717, 1.165) is 32.8 Å². The maximum absolute atomic E-state index is 5.80. The number of para-hydroxylation sites is 1. The fraction of sp³-hybridized carbons (Fsp3) is 0. The van der Waals surface area contributed by atoms with Crippen molar-refractivity contribution in [1.82, 2.24) is 0 Å². The maximum Gasteiger partial charge on any atom is 0.135 e. The molecule has 0 radical (unpaired) electrons. The Morgan fingerprint density at radius 3 is 2.44 bits per heavy atom. The molecule has 88 valence electrons. The van der Waals surface area contributed by atoms with Gasteiger partial charge in [-0.15, -0.1) is 12.6 Å². The van der Waals surface area contributed by atoms with Crippen molar-refractivity contribution in [2.45, 2.75) is 4.90 Å². The van der Waals surface area contributed by atoms with Crippen molar-refractivity contribution < 1.29 is 4.42 Å². The smallest absolute Gasteiger partial charge is 0.135 e. The SMILES string of the molecule is C=C(c1ccc(S)cc1)c1cc2ccccc2o1. The Bertz CT molecular complexity index is 674. The van der Waals surface area contributed by atoms with Gasteiger partial charge in [0.2, 0.25) is 0 Å². The van der Waals surface area contributed by atoms with Gasteiger partial charge in [-0.05, 0) is 29.8 Å². The molecule has 18 heavy (non-hydrogen) atoms. The lowest BCUT2D eigenvalue weighted by molar-refractivity contribution is 0.601. The minimum absolute atomic E-state index is 0.808. The summed E-state index contributed by atoms with van der Waals surface area (Å²) >= 11 is 4.28. The Morgan fingerprint density at radius 2 is 1.72 bits per heavy atom. The molecule has 0 fully saturated rings. The number of fused-ring (bicyclic) bond motifs is 1. The summed E-state index contributed by atoms with van der Waals surface area (Å²) in [5.74, 6) is 0.808. The predicted molar refractivity (Wildman–Crippen MR) is 78.0 cm³/mol. The summed E-state index contributed by atoms with van der Waals surface area (Å²) in [4.78, 5) is 0.941. The van der Waals surface area contributed by atoms with Gasteiger partial charge >= 0.3 is 0 Å². The lowest BCUT2D eigenvalue weighted by Gasteiger charge is -2.02. The molecule has 1 nitrogen and oxygen atoms in total. The normalized spacial score (nSPS) is 10.7. The standard InChI is InChI=1S/C16H12OS/c1-11(12-6-8-14(18)9-7-12)16-10-13-4-2-3-5-15(13)17-16/h2-10,18H,1H2. The summed E-state index contributed by atoms with van der Waals surface area (Å²) in [6.07, 6.45) is 0. The molecule has 0 spiro atoms. The summed E-state index contributed by atoms with van der Waals surface area (Å²) in [5.41, 5.74) is 2.82. The van der Waals surface area contributed by atoms with Crippen LogP contribution in [-0.2, 0) is 0 Å². The number of benzene rings is 2. The van der Waals surface area contributed by atoms with Crippen LogP contribution < -0.4 is 0 Å². The Balaban J connectivity index is 2.03. The van der Waals surface area contributed by atoms with E-state index in [-0.39, 0.29) is 0 Å². The third-order valence-corrected chi connectivity index (χ3v) is 3.24. The number of thiol groups is 1. The third-order valence-electron chi connectivity index (χ3n) is 2.94. The van der Waals surface area contributed by atoms with Crippen molar-refractivity contribution in [2.75, 3.05) is 0 Å². The molecule has 0 atom stereocenters. The molecule has 3 rings (SSSR count). The van der Waals surface area contributed by atoms with E-state index in [9.17, 15) is 0 Å². The molecule has 2 heteroatoms. The van der Waals surface area contributed by atoms with Crippen LogP contribution in [0.4, 0.5) is 0 Å². The van der Waals surface area contributed by atoms with Crippen LogP contribution in [0.25, 0.3) is 16.5 Å². The summed E-state index contributed by atoms with van der Waals surface area (Å²) < 4.78 is 5.80. The first-order chi connectivity index (χ1) is 8.74. The van der Waals surface area contributed by atoms with Crippen LogP contribution in [0.2, 0.25) is 0 Å². The van der Waals surface area contributed by atoms with Crippen molar-refractivity contribution in [3.8, 4) is 0 Å². The second-order valence-electron chi connectivity index (χ2n) is 4.17. The van der Waals surface area contributed by atoms with Crippen molar-refractivity contribution in [2.24, 2.45) is 0 Å². The predicted octanol–water partition coefficient (Wildman–Crippen LogP) is 4.78. The molecule has 0 aliphatic heterocycles. The molecular weight excluding hydrogens is 240 g/mol. The van der Waals surface area contributed by atoms with Crippen LogP contribution in [0.3, 0.4) is 0 Å². The van der Waals surface area contributed by atoms with E-state index in [2.05, 4.69) is 19.2 Å². The highest BCUT2D eigenvalue weighted by molar-refractivity contribution is 7.80. The zero-order chi connectivity index (χ0) is 12.5. The zero-order valence-electron chi connectivity index (χ0n) is 9.76. The summed E-state index contributed by atoms with van der Waals surface area (Å²) in [7, 11) is 0. The van der Waals surface area contributed by atoms with Crippen LogP contribution in [0.5, 0.6) is 0 Å². The fourth-order valence-corrected chi connectivity index (χ4v) is 2.08. The minimum Gasteiger partial charge on any atom is -0.456 e. The molecular formula is C16H12OS. The van der Waals surface area contributed by atoms with E-state index in [1.54, 1.807) is 0 Å². The average Bonchev–Trinajstić information content (AvgIpc) is 2.82. The third kappa shape index (κ3) is 1.95. The van der Waals surface area contributed by atoms with E-state index < -0.39 is 0 Å². The number of hydrogen-bond acceptors (Lipinski definition) is 2. The molecule has 0 N–H and O–H groups in total. The molecule has 2 aromatic carbocycles. The highest BCUT2D eigenvalue weighted by atomic mass is 32.1. The summed E-state index contributed by atoms with van der Waals surface area (Å²) in [6, 6.07) is 17.9. The highest BCUT2D eigenvalue weighted by Crippen LogP contribution is 2.28. The van der Waals surface area contributed by atoms with Crippen LogP contribution >= 0.6 is 12.6 Å². The van der Waals surface area contributed by atoms with Gasteiger partial charge in [-0.2, -0.15) is 0 Å². The van der Waals surface area contributed by atoms with Crippen LogP contribution in [0.1, 0.15) is 11.3 Å². The first-order valence-corrected chi connectivity index (χ1v) is 6.16. The Kier molecular flexibility index (Phi) is 2.73. The second kappa shape index (κ2) is 4.39. The maximum atomic E-state index is 5.80. The lowest BCUT2D eigenvalue weighted by Crippen LogP contribution is -1.82. The minimum atomic E-state index is 0.808. The summed E-state index contributed by atoms with van der Waals surface area (Å²) in [5, 5.41) is 1.10. The second-order valence-corrected chi connectivity index (χ2v) is 4.69. The Hall–Kier alpha value is -1.93. The highest BCUT2D eigenvalue weighted by Gasteiger charge is 2.08.